The average Bonchev–Trinajstić information content (AvgIpc) is 3.28. The molecule has 0 fully saturated rings. The number of hydrogen-bond acceptors (Lipinski definition) is 3. The van der Waals surface area contributed by atoms with Crippen molar-refractivity contribution in [3.63, 3.8) is 0 Å². The fourth-order valence-corrected chi connectivity index (χ4v) is 3.97. The molecule has 0 saturated heterocycles. The van der Waals surface area contributed by atoms with Gasteiger partial charge in [0.05, 0.1) is 47.0 Å². The first kappa shape index (κ1) is 23.1. The number of benzene rings is 2. The summed E-state index contributed by atoms with van der Waals surface area (Å²) in [6.45, 7) is 5.72. The van der Waals surface area contributed by atoms with Crippen LogP contribution in [0.4, 0.5) is 23.7 Å². The monoisotopic (exact) mass is 465 g/mol. The van der Waals surface area contributed by atoms with Gasteiger partial charge in [0.25, 0.3) is 0 Å². The van der Waals surface area contributed by atoms with Crippen molar-refractivity contribution in [2.24, 2.45) is 0 Å². The van der Waals surface area contributed by atoms with E-state index in [1.165, 1.54) is 17.0 Å². The van der Waals surface area contributed by atoms with Gasteiger partial charge in [-0.25, -0.2) is 9.48 Å². The summed E-state index contributed by atoms with van der Waals surface area (Å²) in [5.74, 6) is 0. The van der Waals surface area contributed by atoms with E-state index in [0.717, 1.165) is 23.4 Å². The van der Waals surface area contributed by atoms with Crippen LogP contribution in [0.2, 0.25) is 0 Å². The number of nitriles is 1. The molecule has 2 amide bonds. The van der Waals surface area contributed by atoms with Crippen LogP contribution in [0.1, 0.15) is 37.6 Å². The average molecular weight is 465 g/mol. The molecule has 174 valence electrons. The van der Waals surface area contributed by atoms with Gasteiger partial charge in [-0.2, -0.15) is 23.5 Å². The molecular formula is C25H22F3N5O. The predicted octanol–water partition coefficient (Wildman–Crippen LogP) is 5.84. The molecule has 0 spiro atoms. The van der Waals surface area contributed by atoms with Crippen molar-refractivity contribution in [2.45, 2.75) is 33.0 Å². The zero-order chi connectivity index (χ0) is 24.6. The van der Waals surface area contributed by atoms with Crippen molar-refractivity contribution in [1.29, 1.82) is 5.26 Å². The molecule has 0 atom stereocenters. The topological polar surface area (TPSA) is 65.2 Å². The standard InChI is InChI=1S/C25H22F3N5O/c1-16(2)31-15-22(23-11-12-30-33(23)20-9-7-18(14-29)8-10-20)17(3)32(24(31)34)21-6-4-5-19(13-21)25(26,27)28/h4-13,16H,15H2,1-3H3. The van der Waals surface area contributed by atoms with E-state index in [2.05, 4.69) is 11.2 Å². The smallest absolute Gasteiger partial charge is 0.317 e. The predicted molar refractivity (Wildman–Crippen MR) is 122 cm³/mol. The van der Waals surface area contributed by atoms with Crippen LogP contribution in [0.3, 0.4) is 0 Å². The maximum atomic E-state index is 13.4. The Morgan fingerprint density at radius 3 is 2.38 bits per heavy atom. The summed E-state index contributed by atoms with van der Waals surface area (Å²) in [6.07, 6.45) is -2.90. The first-order chi connectivity index (χ1) is 16.1. The van der Waals surface area contributed by atoms with Crippen LogP contribution < -0.4 is 4.90 Å². The van der Waals surface area contributed by atoms with E-state index < -0.39 is 11.7 Å². The molecule has 6 nitrogen and oxygen atoms in total. The van der Waals surface area contributed by atoms with Crippen LogP contribution in [-0.2, 0) is 6.18 Å². The third-order valence-corrected chi connectivity index (χ3v) is 5.79. The molecule has 34 heavy (non-hydrogen) atoms. The molecule has 9 heteroatoms. The summed E-state index contributed by atoms with van der Waals surface area (Å²) in [6, 6.07) is 15.0. The summed E-state index contributed by atoms with van der Waals surface area (Å²) in [5.41, 5.74) is 2.54. The number of alkyl halides is 3. The quantitative estimate of drug-likeness (QED) is 0.486. The SMILES string of the molecule is CC1=C(c2ccnn2-c2ccc(C#N)cc2)CN(C(C)C)C(=O)N1c1cccc(C(F)(F)F)c1. The highest BCUT2D eigenvalue weighted by Crippen LogP contribution is 2.37. The zero-order valence-electron chi connectivity index (χ0n) is 18.8. The van der Waals surface area contributed by atoms with Gasteiger partial charge in [0.2, 0.25) is 0 Å². The van der Waals surface area contributed by atoms with Gasteiger partial charge in [-0.3, -0.25) is 4.90 Å². The van der Waals surface area contributed by atoms with Crippen molar-refractivity contribution >= 4 is 17.3 Å². The Morgan fingerprint density at radius 2 is 1.76 bits per heavy atom. The number of allylic oxidation sites excluding steroid dienone is 1. The Labute approximate surface area is 195 Å². The number of carbonyl (C=O) groups excluding carboxylic acids is 1. The minimum Gasteiger partial charge on any atom is -0.317 e. The highest BCUT2D eigenvalue weighted by molar-refractivity contribution is 6.01. The van der Waals surface area contributed by atoms with E-state index in [1.807, 2.05) is 13.8 Å². The van der Waals surface area contributed by atoms with Gasteiger partial charge in [-0.15, -0.1) is 0 Å². The van der Waals surface area contributed by atoms with Crippen LogP contribution in [0, 0.1) is 11.3 Å². The van der Waals surface area contributed by atoms with E-state index >= 15 is 0 Å². The Hall–Kier alpha value is -4.06. The molecule has 3 aromatic rings. The van der Waals surface area contributed by atoms with E-state index in [9.17, 15) is 18.0 Å². The van der Waals surface area contributed by atoms with Gasteiger partial charge in [-0.1, -0.05) is 6.07 Å². The normalized spacial score (nSPS) is 14.7. The lowest BCUT2D eigenvalue weighted by atomic mass is 10.0. The van der Waals surface area contributed by atoms with Gasteiger partial charge >= 0.3 is 12.2 Å². The van der Waals surface area contributed by atoms with Crippen molar-refractivity contribution in [3.8, 4) is 11.8 Å². The van der Waals surface area contributed by atoms with Crippen LogP contribution in [0.5, 0.6) is 0 Å². The fraction of sp³-hybridized carbons (Fsp3) is 0.240. The second-order valence-corrected chi connectivity index (χ2v) is 8.24. The molecule has 0 N–H and O–H groups in total. The number of rotatable bonds is 4. The molecular weight excluding hydrogens is 443 g/mol. The lowest BCUT2D eigenvalue weighted by Gasteiger charge is -2.40. The van der Waals surface area contributed by atoms with E-state index in [4.69, 9.17) is 5.26 Å². The molecule has 0 saturated carbocycles. The van der Waals surface area contributed by atoms with Crippen LogP contribution in [-0.4, -0.2) is 33.3 Å². The summed E-state index contributed by atoms with van der Waals surface area (Å²) in [7, 11) is 0. The maximum absolute atomic E-state index is 13.4. The Kier molecular flexibility index (Phi) is 5.92. The van der Waals surface area contributed by atoms with Crippen LogP contribution in [0.15, 0.2) is 66.5 Å². The van der Waals surface area contributed by atoms with Gasteiger partial charge in [0.1, 0.15) is 0 Å². The minimum atomic E-state index is -4.53. The molecule has 2 aromatic carbocycles. The number of nitrogens with zero attached hydrogens (tertiary/aromatic N) is 5. The summed E-state index contributed by atoms with van der Waals surface area (Å²) < 4.78 is 41.8. The van der Waals surface area contributed by atoms with Gasteiger partial charge in [-0.05, 0) is 69.3 Å². The first-order valence-electron chi connectivity index (χ1n) is 10.6. The number of urea groups is 1. The second-order valence-electron chi connectivity index (χ2n) is 8.24. The third kappa shape index (κ3) is 4.15. The zero-order valence-corrected chi connectivity index (χ0v) is 18.8. The fourth-order valence-electron chi connectivity index (χ4n) is 3.97. The minimum absolute atomic E-state index is 0.143. The van der Waals surface area contributed by atoms with Gasteiger partial charge in [0, 0.05) is 17.3 Å². The van der Waals surface area contributed by atoms with Crippen molar-refractivity contribution in [1.82, 2.24) is 14.7 Å². The Balaban J connectivity index is 1.86. The highest BCUT2D eigenvalue weighted by atomic mass is 19.4. The second kappa shape index (κ2) is 8.71. The van der Waals surface area contributed by atoms with Gasteiger partial charge < -0.3 is 4.90 Å². The maximum Gasteiger partial charge on any atom is 0.416 e. The number of aromatic nitrogens is 2. The van der Waals surface area contributed by atoms with Crippen LogP contribution in [0.25, 0.3) is 11.3 Å². The molecule has 0 radical (unpaired) electrons. The molecule has 1 aromatic heterocycles. The molecule has 0 unspecified atom stereocenters. The number of carbonyl (C=O) groups is 1. The van der Waals surface area contributed by atoms with E-state index in [1.54, 1.807) is 53.0 Å². The Morgan fingerprint density at radius 1 is 1.06 bits per heavy atom. The third-order valence-electron chi connectivity index (χ3n) is 5.79. The first-order valence-corrected chi connectivity index (χ1v) is 10.6. The molecule has 1 aliphatic heterocycles. The van der Waals surface area contributed by atoms with Gasteiger partial charge in [0.15, 0.2) is 0 Å². The lowest BCUT2D eigenvalue weighted by Crippen LogP contribution is -2.50. The number of halogens is 3. The molecule has 0 bridgehead atoms. The van der Waals surface area contributed by atoms with Crippen molar-refractivity contribution < 1.29 is 18.0 Å². The Bertz CT molecular complexity index is 1300. The lowest BCUT2D eigenvalue weighted by molar-refractivity contribution is -0.137. The van der Waals surface area contributed by atoms with Crippen molar-refractivity contribution in [3.05, 3.63) is 83.3 Å². The molecule has 2 heterocycles. The number of anilines is 1. The van der Waals surface area contributed by atoms with E-state index in [0.29, 0.717) is 17.0 Å². The highest BCUT2D eigenvalue weighted by Gasteiger charge is 2.36. The summed E-state index contributed by atoms with van der Waals surface area (Å²) in [4.78, 5) is 16.3. The number of amides is 2. The molecule has 1 aliphatic rings. The largest absolute Gasteiger partial charge is 0.416 e. The van der Waals surface area contributed by atoms with E-state index in [-0.39, 0.29) is 24.3 Å². The van der Waals surface area contributed by atoms with Crippen LogP contribution >= 0.6 is 0 Å². The molecule has 0 aliphatic carbocycles. The summed E-state index contributed by atoms with van der Waals surface area (Å²) >= 11 is 0. The van der Waals surface area contributed by atoms with Crippen molar-refractivity contribution in [2.75, 3.05) is 11.4 Å². The number of hydrogen-bond donors (Lipinski definition) is 0. The molecule has 4 rings (SSSR count). The summed E-state index contributed by atoms with van der Waals surface area (Å²) in [5, 5.41) is 13.5.